The van der Waals surface area contributed by atoms with Crippen LogP contribution in [0.3, 0.4) is 0 Å². The van der Waals surface area contributed by atoms with Gasteiger partial charge in [-0.2, -0.15) is 5.10 Å². The van der Waals surface area contributed by atoms with Crippen molar-refractivity contribution in [3.8, 4) is 0 Å². The Hall–Kier alpha value is -3.88. The van der Waals surface area contributed by atoms with Crippen LogP contribution in [0.2, 0.25) is 0 Å². The van der Waals surface area contributed by atoms with Crippen molar-refractivity contribution in [3.63, 3.8) is 0 Å². The Kier molecular flexibility index (Phi) is 5.57. The van der Waals surface area contributed by atoms with Crippen LogP contribution in [-0.4, -0.2) is 68.8 Å². The molecule has 0 spiro atoms. The zero-order valence-corrected chi connectivity index (χ0v) is 17.1. The number of nitrogens with zero attached hydrogens (tertiary/aromatic N) is 4. The highest BCUT2D eigenvalue weighted by Crippen LogP contribution is 2.22. The molecule has 0 atom stereocenters. The van der Waals surface area contributed by atoms with Crippen molar-refractivity contribution >= 4 is 34.5 Å². The van der Waals surface area contributed by atoms with E-state index in [-0.39, 0.29) is 18.4 Å². The van der Waals surface area contributed by atoms with Crippen molar-refractivity contribution in [1.29, 1.82) is 0 Å². The zero-order chi connectivity index (χ0) is 22.0. The smallest absolute Gasteiger partial charge is 0.409 e. The molecular weight excluding hydrogens is 398 g/mol. The molecule has 31 heavy (non-hydrogen) atoms. The van der Waals surface area contributed by atoms with E-state index in [4.69, 9.17) is 5.11 Å². The zero-order valence-electron chi connectivity index (χ0n) is 17.1. The number of nitrogens with one attached hydrogen (secondary N) is 1. The minimum atomic E-state index is -1.13. The van der Waals surface area contributed by atoms with Crippen LogP contribution < -0.4 is 5.32 Å². The summed E-state index contributed by atoms with van der Waals surface area (Å²) in [4.78, 5) is 39.8. The van der Waals surface area contributed by atoms with Gasteiger partial charge in [0.2, 0.25) is 5.91 Å². The first-order valence-electron chi connectivity index (χ1n) is 10.0. The second-order valence-corrected chi connectivity index (χ2v) is 7.44. The topological polar surface area (TPSA) is 108 Å². The van der Waals surface area contributed by atoms with Gasteiger partial charge in [0.25, 0.3) is 5.91 Å². The molecule has 9 heteroatoms. The van der Waals surface area contributed by atoms with E-state index in [1.807, 2.05) is 25.1 Å². The minimum absolute atomic E-state index is 0.0207. The van der Waals surface area contributed by atoms with E-state index in [0.29, 0.717) is 42.9 Å². The predicted octanol–water partition coefficient (Wildman–Crippen LogP) is 2.42. The van der Waals surface area contributed by atoms with Crippen LogP contribution in [0, 0.1) is 6.92 Å². The summed E-state index contributed by atoms with van der Waals surface area (Å²) in [6, 6.07) is 14.2. The molecule has 3 aromatic rings. The molecular formula is C22H23N5O4. The van der Waals surface area contributed by atoms with Crippen LogP contribution in [0.1, 0.15) is 16.1 Å². The SMILES string of the molecule is Cc1c2cc(NC(=O)O)ccc2nn1CC(=O)N1CCN(C(=O)c2ccccc2)CC1. The number of hydrogen-bond donors (Lipinski definition) is 2. The molecule has 2 N–H and O–H groups in total. The number of anilines is 1. The van der Waals surface area contributed by atoms with Crippen molar-refractivity contribution in [3.05, 3.63) is 59.8 Å². The van der Waals surface area contributed by atoms with Gasteiger partial charge in [0, 0.05) is 48.5 Å². The van der Waals surface area contributed by atoms with Gasteiger partial charge in [-0.3, -0.25) is 19.6 Å². The fourth-order valence-corrected chi connectivity index (χ4v) is 3.76. The maximum atomic E-state index is 12.8. The first-order valence-corrected chi connectivity index (χ1v) is 10.0. The predicted molar refractivity (Wildman–Crippen MR) is 115 cm³/mol. The molecule has 4 rings (SSSR count). The lowest BCUT2D eigenvalue weighted by Gasteiger charge is -2.34. The molecule has 1 aliphatic rings. The summed E-state index contributed by atoms with van der Waals surface area (Å²) in [5.41, 5.74) is 2.58. The van der Waals surface area contributed by atoms with E-state index < -0.39 is 6.09 Å². The molecule has 1 aromatic heterocycles. The fourth-order valence-electron chi connectivity index (χ4n) is 3.76. The molecule has 0 bridgehead atoms. The van der Waals surface area contributed by atoms with Gasteiger partial charge in [0.15, 0.2) is 0 Å². The number of carboxylic acid groups (broad SMARTS) is 1. The second kappa shape index (κ2) is 8.47. The maximum absolute atomic E-state index is 12.8. The number of rotatable bonds is 4. The average molecular weight is 421 g/mol. The van der Waals surface area contributed by atoms with Gasteiger partial charge in [-0.15, -0.1) is 0 Å². The standard InChI is InChI=1S/C22H23N5O4/c1-15-18-13-17(23-22(30)31)7-8-19(18)24-27(15)14-20(28)25-9-11-26(12-10-25)21(29)16-5-3-2-4-6-16/h2-8,13,23H,9-12,14H2,1H3,(H,30,31). The first-order chi connectivity index (χ1) is 14.9. The molecule has 0 unspecified atom stereocenters. The van der Waals surface area contributed by atoms with Crippen molar-refractivity contribution in [1.82, 2.24) is 19.6 Å². The van der Waals surface area contributed by atoms with Crippen LogP contribution in [-0.2, 0) is 11.3 Å². The van der Waals surface area contributed by atoms with Crippen LogP contribution in [0.25, 0.3) is 10.9 Å². The molecule has 1 fully saturated rings. The summed E-state index contributed by atoms with van der Waals surface area (Å²) in [5.74, 6) is -0.0840. The number of piperazine rings is 1. The molecule has 2 aromatic carbocycles. The summed E-state index contributed by atoms with van der Waals surface area (Å²) in [6.45, 7) is 3.87. The van der Waals surface area contributed by atoms with Crippen molar-refractivity contribution < 1.29 is 19.5 Å². The number of aromatic nitrogens is 2. The molecule has 0 saturated carbocycles. The van der Waals surface area contributed by atoms with E-state index in [1.54, 1.807) is 44.8 Å². The number of fused-ring (bicyclic) bond motifs is 1. The normalized spacial score (nSPS) is 14.0. The van der Waals surface area contributed by atoms with Gasteiger partial charge in [-0.05, 0) is 37.3 Å². The highest BCUT2D eigenvalue weighted by Gasteiger charge is 2.25. The Morgan fingerprint density at radius 3 is 2.35 bits per heavy atom. The average Bonchev–Trinajstić information content (AvgIpc) is 3.08. The van der Waals surface area contributed by atoms with E-state index in [2.05, 4.69) is 10.4 Å². The molecule has 9 nitrogen and oxygen atoms in total. The summed E-state index contributed by atoms with van der Waals surface area (Å²) < 4.78 is 1.64. The Bertz CT molecular complexity index is 1130. The number of benzene rings is 2. The lowest BCUT2D eigenvalue weighted by Crippen LogP contribution is -2.51. The lowest BCUT2D eigenvalue weighted by molar-refractivity contribution is -0.133. The molecule has 1 aliphatic heterocycles. The van der Waals surface area contributed by atoms with Gasteiger partial charge in [-0.25, -0.2) is 4.79 Å². The Morgan fingerprint density at radius 2 is 1.68 bits per heavy atom. The van der Waals surface area contributed by atoms with E-state index >= 15 is 0 Å². The van der Waals surface area contributed by atoms with Crippen molar-refractivity contribution in [2.45, 2.75) is 13.5 Å². The Labute approximate surface area is 178 Å². The second-order valence-electron chi connectivity index (χ2n) is 7.44. The van der Waals surface area contributed by atoms with Gasteiger partial charge in [-0.1, -0.05) is 18.2 Å². The molecule has 160 valence electrons. The van der Waals surface area contributed by atoms with Crippen LogP contribution in [0.15, 0.2) is 48.5 Å². The number of carbonyl (C=O) groups excluding carboxylic acids is 2. The number of carbonyl (C=O) groups is 3. The quantitative estimate of drug-likeness (QED) is 0.673. The number of aryl methyl sites for hydroxylation is 1. The molecule has 1 saturated heterocycles. The molecule has 2 heterocycles. The van der Waals surface area contributed by atoms with E-state index in [1.165, 1.54) is 0 Å². The highest BCUT2D eigenvalue weighted by atomic mass is 16.4. The Balaban J connectivity index is 1.40. The van der Waals surface area contributed by atoms with Crippen LogP contribution in [0.4, 0.5) is 10.5 Å². The lowest BCUT2D eigenvalue weighted by atomic mass is 10.2. The number of hydrogen-bond acceptors (Lipinski definition) is 4. The monoisotopic (exact) mass is 421 g/mol. The highest BCUT2D eigenvalue weighted by molar-refractivity contribution is 5.94. The van der Waals surface area contributed by atoms with Gasteiger partial charge < -0.3 is 14.9 Å². The largest absolute Gasteiger partial charge is 0.465 e. The van der Waals surface area contributed by atoms with Gasteiger partial charge in [0.1, 0.15) is 6.54 Å². The Morgan fingerprint density at radius 1 is 1.00 bits per heavy atom. The third-order valence-electron chi connectivity index (χ3n) is 5.48. The van der Waals surface area contributed by atoms with Gasteiger partial charge >= 0.3 is 6.09 Å². The summed E-state index contributed by atoms with van der Waals surface area (Å²) in [5, 5.41) is 16.5. The molecule has 0 aliphatic carbocycles. The van der Waals surface area contributed by atoms with E-state index in [0.717, 1.165) is 11.1 Å². The van der Waals surface area contributed by atoms with Crippen LogP contribution in [0.5, 0.6) is 0 Å². The fraction of sp³-hybridized carbons (Fsp3) is 0.273. The van der Waals surface area contributed by atoms with Crippen LogP contribution >= 0.6 is 0 Å². The van der Waals surface area contributed by atoms with E-state index in [9.17, 15) is 14.4 Å². The van der Waals surface area contributed by atoms with Gasteiger partial charge in [0.05, 0.1) is 5.52 Å². The third kappa shape index (κ3) is 4.35. The minimum Gasteiger partial charge on any atom is -0.465 e. The molecule has 3 amide bonds. The molecule has 0 radical (unpaired) electrons. The summed E-state index contributed by atoms with van der Waals surface area (Å²) >= 11 is 0. The third-order valence-corrected chi connectivity index (χ3v) is 5.48. The summed E-state index contributed by atoms with van der Waals surface area (Å²) in [6.07, 6.45) is -1.13. The first kappa shape index (κ1) is 20.4. The number of amides is 3. The summed E-state index contributed by atoms with van der Waals surface area (Å²) in [7, 11) is 0. The van der Waals surface area contributed by atoms with Crippen molar-refractivity contribution in [2.75, 3.05) is 31.5 Å². The maximum Gasteiger partial charge on any atom is 0.409 e. The van der Waals surface area contributed by atoms with Crippen molar-refractivity contribution in [2.24, 2.45) is 0 Å².